The summed E-state index contributed by atoms with van der Waals surface area (Å²) in [6, 6.07) is 4.30. The molecule has 0 saturated carbocycles. The zero-order valence-corrected chi connectivity index (χ0v) is 11.2. The first kappa shape index (κ1) is 14.2. The molecule has 6 nitrogen and oxygen atoms in total. The molecule has 0 aromatic heterocycles. The number of rotatable bonds is 4. The SMILES string of the molecule is Nc1cc(OCC(=O)N2CCCCC2)ccc1C(=O)O. The Morgan fingerprint density at radius 1 is 1.25 bits per heavy atom. The Labute approximate surface area is 117 Å². The van der Waals surface area contributed by atoms with Crippen LogP contribution in [0.1, 0.15) is 29.6 Å². The lowest BCUT2D eigenvalue weighted by Crippen LogP contribution is -2.38. The fourth-order valence-corrected chi connectivity index (χ4v) is 2.21. The number of carboxylic acids is 1. The Hall–Kier alpha value is -2.24. The van der Waals surface area contributed by atoms with Gasteiger partial charge in [-0.1, -0.05) is 0 Å². The minimum Gasteiger partial charge on any atom is -0.484 e. The number of anilines is 1. The van der Waals surface area contributed by atoms with Crippen molar-refractivity contribution in [3.05, 3.63) is 23.8 Å². The summed E-state index contributed by atoms with van der Waals surface area (Å²) in [5, 5.41) is 8.86. The molecule has 0 spiro atoms. The van der Waals surface area contributed by atoms with E-state index in [4.69, 9.17) is 15.6 Å². The van der Waals surface area contributed by atoms with Crippen LogP contribution in [0.2, 0.25) is 0 Å². The van der Waals surface area contributed by atoms with Crippen molar-refractivity contribution in [2.75, 3.05) is 25.4 Å². The number of carbonyl (C=O) groups excluding carboxylic acids is 1. The predicted octanol–water partition coefficient (Wildman–Crippen LogP) is 1.36. The minimum atomic E-state index is -1.08. The van der Waals surface area contributed by atoms with Crippen LogP contribution in [0.15, 0.2) is 18.2 Å². The number of ether oxygens (including phenoxy) is 1. The van der Waals surface area contributed by atoms with Crippen molar-refractivity contribution in [1.82, 2.24) is 4.90 Å². The molecule has 1 aliphatic rings. The summed E-state index contributed by atoms with van der Waals surface area (Å²) in [7, 11) is 0. The van der Waals surface area contributed by atoms with E-state index in [-0.39, 0.29) is 23.8 Å². The molecular weight excluding hydrogens is 260 g/mol. The summed E-state index contributed by atoms with van der Waals surface area (Å²) in [4.78, 5) is 24.5. The zero-order valence-electron chi connectivity index (χ0n) is 11.2. The van der Waals surface area contributed by atoms with Crippen LogP contribution in [0, 0.1) is 0 Å². The number of hydrogen-bond acceptors (Lipinski definition) is 4. The summed E-state index contributed by atoms with van der Waals surface area (Å²) in [6.45, 7) is 1.51. The highest BCUT2D eigenvalue weighted by Gasteiger charge is 2.17. The summed E-state index contributed by atoms with van der Waals surface area (Å²) >= 11 is 0. The van der Waals surface area contributed by atoms with Crippen LogP contribution in [0.5, 0.6) is 5.75 Å². The number of benzene rings is 1. The fourth-order valence-electron chi connectivity index (χ4n) is 2.21. The Bertz CT molecular complexity index is 510. The molecule has 0 atom stereocenters. The van der Waals surface area contributed by atoms with Gasteiger partial charge < -0.3 is 20.5 Å². The van der Waals surface area contributed by atoms with E-state index >= 15 is 0 Å². The van der Waals surface area contributed by atoms with Gasteiger partial charge in [-0.05, 0) is 31.4 Å². The molecule has 1 aromatic carbocycles. The number of nitrogens with zero attached hydrogens (tertiary/aromatic N) is 1. The third-order valence-electron chi connectivity index (χ3n) is 3.32. The zero-order chi connectivity index (χ0) is 14.5. The fraction of sp³-hybridized carbons (Fsp3) is 0.429. The van der Waals surface area contributed by atoms with E-state index in [1.54, 1.807) is 4.90 Å². The van der Waals surface area contributed by atoms with Crippen molar-refractivity contribution >= 4 is 17.6 Å². The van der Waals surface area contributed by atoms with Gasteiger partial charge in [-0.2, -0.15) is 0 Å². The second-order valence-electron chi connectivity index (χ2n) is 4.78. The van der Waals surface area contributed by atoms with Gasteiger partial charge in [0.2, 0.25) is 0 Å². The highest BCUT2D eigenvalue weighted by Crippen LogP contribution is 2.20. The molecule has 1 fully saturated rings. The number of nitrogen functional groups attached to an aromatic ring is 1. The number of carbonyl (C=O) groups is 2. The molecule has 6 heteroatoms. The molecule has 1 heterocycles. The molecule has 108 valence electrons. The van der Waals surface area contributed by atoms with E-state index in [1.165, 1.54) is 18.2 Å². The van der Waals surface area contributed by atoms with E-state index in [2.05, 4.69) is 0 Å². The van der Waals surface area contributed by atoms with Crippen LogP contribution in [-0.4, -0.2) is 41.6 Å². The first-order valence-electron chi connectivity index (χ1n) is 6.61. The molecule has 20 heavy (non-hydrogen) atoms. The molecule has 1 aliphatic heterocycles. The van der Waals surface area contributed by atoms with Crippen molar-refractivity contribution in [2.24, 2.45) is 0 Å². The summed E-state index contributed by atoms with van der Waals surface area (Å²) in [6.07, 6.45) is 3.23. The standard InChI is InChI=1S/C14H18N2O4/c15-12-8-10(4-5-11(12)14(18)19)20-9-13(17)16-6-2-1-3-7-16/h4-5,8H,1-3,6-7,9,15H2,(H,18,19). The van der Waals surface area contributed by atoms with Crippen LogP contribution in [0.4, 0.5) is 5.69 Å². The highest BCUT2D eigenvalue weighted by atomic mass is 16.5. The second kappa shape index (κ2) is 6.27. The Morgan fingerprint density at radius 3 is 2.55 bits per heavy atom. The number of piperidine rings is 1. The lowest BCUT2D eigenvalue weighted by Gasteiger charge is -2.26. The number of amides is 1. The number of carboxylic acid groups (broad SMARTS) is 1. The number of nitrogens with two attached hydrogens (primary N) is 1. The van der Waals surface area contributed by atoms with Gasteiger partial charge in [0.1, 0.15) is 5.75 Å². The van der Waals surface area contributed by atoms with Crippen molar-refractivity contribution in [3.63, 3.8) is 0 Å². The van der Waals surface area contributed by atoms with E-state index < -0.39 is 5.97 Å². The second-order valence-corrected chi connectivity index (χ2v) is 4.78. The van der Waals surface area contributed by atoms with Crippen molar-refractivity contribution in [2.45, 2.75) is 19.3 Å². The third-order valence-corrected chi connectivity index (χ3v) is 3.32. The van der Waals surface area contributed by atoms with Gasteiger partial charge in [0.05, 0.1) is 5.56 Å². The highest BCUT2D eigenvalue weighted by molar-refractivity contribution is 5.93. The smallest absolute Gasteiger partial charge is 0.337 e. The monoisotopic (exact) mass is 278 g/mol. The normalized spacial score (nSPS) is 14.9. The van der Waals surface area contributed by atoms with Crippen molar-refractivity contribution < 1.29 is 19.4 Å². The van der Waals surface area contributed by atoms with Gasteiger partial charge >= 0.3 is 5.97 Å². The van der Waals surface area contributed by atoms with Gasteiger partial charge in [0.25, 0.3) is 5.91 Å². The van der Waals surface area contributed by atoms with Crippen LogP contribution >= 0.6 is 0 Å². The van der Waals surface area contributed by atoms with Crippen LogP contribution < -0.4 is 10.5 Å². The third kappa shape index (κ3) is 3.40. The van der Waals surface area contributed by atoms with E-state index in [9.17, 15) is 9.59 Å². The van der Waals surface area contributed by atoms with Gasteiger partial charge in [-0.3, -0.25) is 4.79 Å². The average molecular weight is 278 g/mol. The molecular formula is C14H18N2O4. The Balaban J connectivity index is 1.92. The number of likely N-dealkylation sites (tertiary alicyclic amines) is 1. The maximum atomic E-state index is 11.9. The van der Waals surface area contributed by atoms with Crippen molar-refractivity contribution in [3.8, 4) is 5.75 Å². The molecule has 1 aromatic rings. The molecule has 3 N–H and O–H groups in total. The first-order chi connectivity index (χ1) is 9.58. The Morgan fingerprint density at radius 2 is 1.95 bits per heavy atom. The van der Waals surface area contributed by atoms with E-state index in [1.807, 2.05) is 0 Å². The average Bonchev–Trinajstić information content (AvgIpc) is 2.45. The molecule has 1 amide bonds. The maximum absolute atomic E-state index is 11.9. The summed E-state index contributed by atoms with van der Waals surface area (Å²) < 4.78 is 5.37. The summed E-state index contributed by atoms with van der Waals surface area (Å²) in [5.74, 6) is -0.734. The molecule has 0 radical (unpaired) electrons. The lowest BCUT2D eigenvalue weighted by molar-refractivity contribution is -0.134. The van der Waals surface area contributed by atoms with E-state index in [0.717, 1.165) is 32.4 Å². The topological polar surface area (TPSA) is 92.9 Å². The molecule has 0 bridgehead atoms. The van der Waals surface area contributed by atoms with Crippen LogP contribution in [0.3, 0.4) is 0 Å². The molecule has 0 aliphatic carbocycles. The van der Waals surface area contributed by atoms with E-state index in [0.29, 0.717) is 5.75 Å². The maximum Gasteiger partial charge on any atom is 0.337 e. The minimum absolute atomic E-state index is 0.0275. The van der Waals surface area contributed by atoms with Crippen molar-refractivity contribution in [1.29, 1.82) is 0 Å². The number of hydrogen-bond donors (Lipinski definition) is 2. The van der Waals surface area contributed by atoms with Crippen LogP contribution in [0.25, 0.3) is 0 Å². The predicted molar refractivity (Wildman–Crippen MR) is 73.7 cm³/mol. The molecule has 1 saturated heterocycles. The lowest BCUT2D eigenvalue weighted by atomic mass is 10.1. The van der Waals surface area contributed by atoms with Gasteiger partial charge in [0, 0.05) is 24.8 Å². The quantitative estimate of drug-likeness (QED) is 0.811. The van der Waals surface area contributed by atoms with Gasteiger partial charge in [-0.25, -0.2) is 4.79 Å². The van der Waals surface area contributed by atoms with Gasteiger partial charge in [-0.15, -0.1) is 0 Å². The first-order valence-corrected chi connectivity index (χ1v) is 6.61. The Kier molecular flexibility index (Phi) is 4.45. The summed E-state index contributed by atoms with van der Waals surface area (Å²) in [5.41, 5.74) is 5.77. The van der Waals surface area contributed by atoms with Crippen LogP contribution in [-0.2, 0) is 4.79 Å². The molecule has 2 rings (SSSR count). The van der Waals surface area contributed by atoms with Gasteiger partial charge in [0.15, 0.2) is 6.61 Å². The number of aromatic carboxylic acids is 1. The largest absolute Gasteiger partial charge is 0.484 e. The molecule has 0 unspecified atom stereocenters.